The third-order valence-electron chi connectivity index (χ3n) is 3.59. The molecule has 1 heterocycles. The zero-order chi connectivity index (χ0) is 10.2. The average Bonchev–Trinajstić information content (AvgIpc) is 2.17. The molecular weight excluding hydrogens is 182 g/mol. The predicted octanol–water partition coefficient (Wildman–Crippen LogP) is 0.910. The molecule has 14 heavy (non-hydrogen) atoms. The second kappa shape index (κ2) is 3.26. The molecule has 78 valence electrons. The Hall–Kier alpha value is -1.06. The Labute approximate surface area is 82.7 Å². The number of carbonyl (C=O) groups excluding carboxylic acids is 1. The highest BCUT2D eigenvalue weighted by Gasteiger charge is 2.50. The van der Waals surface area contributed by atoms with Gasteiger partial charge in [0.25, 0.3) is 0 Å². The minimum atomic E-state index is -0.734. The number of aliphatic carboxylic acids is 1. The summed E-state index contributed by atoms with van der Waals surface area (Å²) in [5.41, 5.74) is -0.661. The maximum absolute atomic E-state index is 11.3. The van der Waals surface area contributed by atoms with E-state index >= 15 is 0 Å². The van der Waals surface area contributed by atoms with Crippen molar-refractivity contribution >= 4 is 11.9 Å². The van der Waals surface area contributed by atoms with Crippen molar-refractivity contribution in [2.45, 2.75) is 44.6 Å². The van der Waals surface area contributed by atoms with Gasteiger partial charge >= 0.3 is 5.97 Å². The molecule has 0 unspecified atom stereocenters. The molecule has 1 amide bonds. The van der Waals surface area contributed by atoms with Gasteiger partial charge in [-0.2, -0.15) is 0 Å². The van der Waals surface area contributed by atoms with Crippen molar-refractivity contribution in [3.8, 4) is 0 Å². The monoisotopic (exact) mass is 197 g/mol. The van der Waals surface area contributed by atoms with Crippen LogP contribution in [-0.4, -0.2) is 23.0 Å². The number of carboxylic acid groups (broad SMARTS) is 1. The number of carbonyl (C=O) groups is 2. The van der Waals surface area contributed by atoms with E-state index in [9.17, 15) is 14.7 Å². The molecule has 2 N–H and O–H groups in total. The lowest BCUT2D eigenvalue weighted by Gasteiger charge is -2.44. The highest BCUT2D eigenvalue weighted by molar-refractivity contribution is 5.83. The molecule has 2 aliphatic rings. The van der Waals surface area contributed by atoms with Crippen molar-refractivity contribution < 1.29 is 14.7 Å². The van der Waals surface area contributed by atoms with E-state index in [0.29, 0.717) is 19.3 Å². The fourth-order valence-corrected chi connectivity index (χ4v) is 2.71. The van der Waals surface area contributed by atoms with Crippen LogP contribution in [0.4, 0.5) is 0 Å². The first-order chi connectivity index (χ1) is 6.65. The van der Waals surface area contributed by atoms with Crippen LogP contribution in [-0.2, 0) is 9.59 Å². The van der Waals surface area contributed by atoms with Crippen molar-refractivity contribution in [1.82, 2.24) is 5.32 Å². The first-order valence-electron chi connectivity index (χ1n) is 5.18. The number of hydrogen-bond acceptors (Lipinski definition) is 2. The lowest BCUT2D eigenvalue weighted by Crippen LogP contribution is -2.57. The van der Waals surface area contributed by atoms with E-state index in [2.05, 4.69) is 5.32 Å². The lowest BCUT2D eigenvalue weighted by molar-refractivity contribution is -0.157. The van der Waals surface area contributed by atoms with E-state index in [-0.39, 0.29) is 11.9 Å². The van der Waals surface area contributed by atoms with Crippen LogP contribution < -0.4 is 5.32 Å². The van der Waals surface area contributed by atoms with Crippen molar-refractivity contribution in [1.29, 1.82) is 0 Å². The predicted molar refractivity (Wildman–Crippen MR) is 49.7 cm³/mol. The Bertz CT molecular complexity index is 277. The van der Waals surface area contributed by atoms with Gasteiger partial charge in [-0.3, -0.25) is 9.59 Å². The Balaban J connectivity index is 2.24. The zero-order valence-corrected chi connectivity index (χ0v) is 8.08. The largest absolute Gasteiger partial charge is 0.481 e. The van der Waals surface area contributed by atoms with Crippen LogP contribution in [0.3, 0.4) is 0 Å². The van der Waals surface area contributed by atoms with Crippen molar-refractivity contribution in [3.63, 3.8) is 0 Å². The maximum atomic E-state index is 11.3. The molecule has 0 spiro atoms. The Morgan fingerprint density at radius 3 is 2.93 bits per heavy atom. The lowest BCUT2D eigenvalue weighted by atomic mass is 9.66. The van der Waals surface area contributed by atoms with E-state index in [4.69, 9.17) is 0 Å². The van der Waals surface area contributed by atoms with Crippen LogP contribution in [0.25, 0.3) is 0 Å². The minimum Gasteiger partial charge on any atom is -0.481 e. The number of piperidine rings is 1. The Kier molecular flexibility index (Phi) is 2.21. The number of hydrogen-bond donors (Lipinski definition) is 2. The summed E-state index contributed by atoms with van der Waals surface area (Å²) in [5, 5.41) is 12.1. The number of carboxylic acids is 1. The first kappa shape index (κ1) is 9.49. The summed E-state index contributed by atoms with van der Waals surface area (Å²) in [6.07, 6.45) is 4.41. The summed E-state index contributed by atoms with van der Waals surface area (Å²) in [6, 6.07) is -0.130. The van der Waals surface area contributed by atoms with Gasteiger partial charge < -0.3 is 10.4 Å². The molecule has 1 aliphatic carbocycles. The van der Waals surface area contributed by atoms with Gasteiger partial charge in [0.2, 0.25) is 5.91 Å². The molecule has 0 radical (unpaired) electrons. The van der Waals surface area contributed by atoms with Gasteiger partial charge in [-0.1, -0.05) is 12.8 Å². The van der Waals surface area contributed by atoms with Crippen LogP contribution in [0.15, 0.2) is 0 Å². The van der Waals surface area contributed by atoms with Gasteiger partial charge in [0.05, 0.1) is 5.41 Å². The van der Waals surface area contributed by atoms with Gasteiger partial charge in [-0.15, -0.1) is 0 Å². The van der Waals surface area contributed by atoms with Crippen LogP contribution in [0, 0.1) is 5.41 Å². The van der Waals surface area contributed by atoms with Gasteiger partial charge in [0.1, 0.15) is 0 Å². The SMILES string of the molecule is O=C1CC[C@@]2(C(=O)O)CCCC[C@@H]2N1. The van der Waals surface area contributed by atoms with Crippen molar-refractivity contribution in [2.24, 2.45) is 5.41 Å². The normalized spacial score (nSPS) is 37.1. The summed E-state index contributed by atoms with van der Waals surface area (Å²) in [5.74, 6) is -0.726. The molecule has 4 nitrogen and oxygen atoms in total. The summed E-state index contributed by atoms with van der Waals surface area (Å²) >= 11 is 0. The van der Waals surface area contributed by atoms with Crippen LogP contribution in [0.1, 0.15) is 38.5 Å². The topological polar surface area (TPSA) is 66.4 Å². The molecule has 2 atom stereocenters. The molecule has 1 saturated carbocycles. The molecule has 1 aliphatic heterocycles. The summed E-state index contributed by atoms with van der Waals surface area (Å²) in [7, 11) is 0. The number of nitrogens with one attached hydrogen (secondary N) is 1. The Morgan fingerprint density at radius 2 is 2.21 bits per heavy atom. The molecular formula is C10H15NO3. The minimum absolute atomic E-state index is 0.00813. The van der Waals surface area contributed by atoms with Crippen LogP contribution in [0.2, 0.25) is 0 Å². The summed E-state index contributed by atoms with van der Waals surface area (Å²) in [6.45, 7) is 0. The molecule has 0 aromatic rings. The Morgan fingerprint density at radius 1 is 1.43 bits per heavy atom. The van der Waals surface area contributed by atoms with Crippen molar-refractivity contribution in [3.05, 3.63) is 0 Å². The molecule has 0 aromatic carbocycles. The smallest absolute Gasteiger partial charge is 0.311 e. The van der Waals surface area contributed by atoms with Gasteiger partial charge in [0, 0.05) is 12.5 Å². The quantitative estimate of drug-likeness (QED) is 0.656. The van der Waals surface area contributed by atoms with Crippen LogP contribution in [0.5, 0.6) is 0 Å². The molecule has 2 fully saturated rings. The fraction of sp³-hybridized carbons (Fsp3) is 0.800. The average molecular weight is 197 g/mol. The van der Waals surface area contributed by atoms with Gasteiger partial charge in [-0.05, 0) is 19.3 Å². The van der Waals surface area contributed by atoms with E-state index in [1.54, 1.807) is 0 Å². The zero-order valence-electron chi connectivity index (χ0n) is 8.08. The molecule has 0 bridgehead atoms. The third-order valence-corrected chi connectivity index (χ3v) is 3.59. The summed E-state index contributed by atoms with van der Waals surface area (Å²) < 4.78 is 0. The van der Waals surface area contributed by atoms with E-state index in [1.807, 2.05) is 0 Å². The number of amides is 1. The highest BCUT2D eigenvalue weighted by Crippen LogP contribution is 2.42. The fourth-order valence-electron chi connectivity index (χ4n) is 2.71. The standard InChI is InChI=1S/C10H15NO3/c12-8-4-6-10(9(13)14)5-2-1-3-7(10)11-8/h7H,1-6H2,(H,11,12)(H,13,14)/t7-,10-/m0/s1. The molecule has 4 heteroatoms. The molecule has 0 aromatic heterocycles. The van der Waals surface area contributed by atoms with Gasteiger partial charge in [0.15, 0.2) is 0 Å². The number of rotatable bonds is 1. The molecule has 1 saturated heterocycles. The van der Waals surface area contributed by atoms with Gasteiger partial charge in [-0.25, -0.2) is 0 Å². The first-order valence-corrected chi connectivity index (χ1v) is 5.18. The van der Waals surface area contributed by atoms with E-state index in [0.717, 1.165) is 19.3 Å². The second-order valence-electron chi connectivity index (χ2n) is 4.33. The molecule has 2 rings (SSSR count). The second-order valence-corrected chi connectivity index (χ2v) is 4.33. The van der Waals surface area contributed by atoms with Crippen LogP contribution >= 0.6 is 0 Å². The van der Waals surface area contributed by atoms with Crippen molar-refractivity contribution in [2.75, 3.05) is 0 Å². The number of fused-ring (bicyclic) bond motifs is 1. The van der Waals surface area contributed by atoms with E-state index in [1.165, 1.54) is 0 Å². The maximum Gasteiger partial charge on any atom is 0.311 e. The summed E-state index contributed by atoms with van der Waals surface area (Å²) in [4.78, 5) is 22.4. The van der Waals surface area contributed by atoms with E-state index < -0.39 is 11.4 Å². The third kappa shape index (κ3) is 1.29. The highest BCUT2D eigenvalue weighted by atomic mass is 16.4.